The van der Waals surface area contributed by atoms with E-state index in [1.54, 1.807) is 18.2 Å². The van der Waals surface area contributed by atoms with Crippen LogP contribution in [-0.4, -0.2) is 11.0 Å². The summed E-state index contributed by atoms with van der Waals surface area (Å²) in [6, 6.07) is 12.7. The number of halogens is 2. The highest BCUT2D eigenvalue weighted by Crippen LogP contribution is 2.24. The van der Waals surface area contributed by atoms with Gasteiger partial charge in [0.15, 0.2) is 5.84 Å². The fourth-order valence-electron chi connectivity index (χ4n) is 1.67. The summed E-state index contributed by atoms with van der Waals surface area (Å²) >= 11 is 9.25. The molecule has 0 radical (unpaired) electrons. The first kappa shape index (κ1) is 14.7. The summed E-state index contributed by atoms with van der Waals surface area (Å²) in [4.78, 5) is 0. The van der Waals surface area contributed by atoms with Gasteiger partial charge in [0.1, 0.15) is 12.4 Å². The maximum absolute atomic E-state index is 8.80. The zero-order chi connectivity index (χ0) is 14.5. The number of oxime groups is 1. The lowest BCUT2D eigenvalue weighted by Gasteiger charge is -2.11. The van der Waals surface area contributed by atoms with Gasteiger partial charge in [0.2, 0.25) is 0 Å². The zero-order valence-corrected chi connectivity index (χ0v) is 12.7. The monoisotopic (exact) mass is 354 g/mol. The van der Waals surface area contributed by atoms with Gasteiger partial charge in [-0.1, -0.05) is 44.8 Å². The topological polar surface area (TPSA) is 67.8 Å². The van der Waals surface area contributed by atoms with E-state index in [2.05, 4.69) is 21.1 Å². The quantitative estimate of drug-likeness (QED) is 0.379. The van der Waals surface area contributed by atoms with Gasteiger partial charge in [-0.25, -0.2) is 0 Å². The second-order valence-electron chi connectivity index (χ2n) is 4.04. The van der Waals surface area contributed by atoms with Crippen molar-refractivity contribution in [1.82, 2.24) is 0 Å². The van der Waals surface area contributed by atoms with E-state index in [4.69, 9.17) is 27.3 Å². The Morgan fingerprint density at radius 2 is 2.10 bits per heavy atom. The molecular weight excluding hydrogens is 344 g/mol. The largest absolute Gasteiger partial charge is 0.488 e. The van der Waals surface area contributed by atoms with Gasteiger partial charge < -0.3 is 15.7 Å². The Balaban J connectivity index is 2.21. The Hall–Kier alpha value is -1.72. The first-order valence-corrected chi connectivity index (χ1v) is 6.92. The molecule has 0 atom stereocenters. The van der Waals surface area contributed by atoms with Crippen LogP contribution in [0.2, 0.25) is 5.02 Å². The van der Waals surface area contributed by atoms with Gasteiger partial charge in [-0.3, -0.25) is 0 Å². The van der Waals surface area contributed by atoms with Gasteiger partial charge >= 0.3 is 0 Å². The third-order valence-corrected chi connectivity index (χ3v) is 3.34. The lowest BCUT2D eigenvalue weighted by molar-refractivity contribution is 0.303. The number of ether oxygens (including phenoxy) is 1. The van der Waals surface area contributed by atoms with Crippen LogP contribution in [-0.2, 0) is 6.61 Å². The molecule has 20 heavy (non-hydrogen) atoms. The van der Waals surface area contributed by atoms with Crippen molar-refractivity contribution in [1.29, 1.82) is 0 Å². The van der Waals surface area contributed by atoms with E-state index in [1.807, 2.05) is 24.3 Å². The number of rotatable bonds is 4. The molecule has 2 rings (SSSR count). The van der Waals surface area contributed by atoms with E-state index < -0.39 is 0 Å². The summed E-state index contributed by atoms with van der Waals surface area (Å²) < 4.78 is 6.52. The molecule has 6 heteroatoms. The molecule has 0 amide bonds. The molecule has 0 spiro atoms. The molecule has 2 aromatic rings. The molecule has 104 valence electrons. The van der Waals surface area contributed by atoms with Gasteiger partial charge in [-0.15, -0.1) is 0 Å². The van der Waals surface area contributed by atoms with Crippen molar-refractivity contribution >= 4 is 33.4 Å². The van der Waals surface area contributed by atoms with Crippen molar-refractivity contribution in [2.75, 3.05) is 0 Å². The second kappa shape index (κ2) is 6.63. The van der Waals surface area contributed by atoms with Crippen molar-refractivity contribution < 1.29 is 9.94 Å². The molecule has 0 aromatic heterocycles. The van der Waals surface area contributed by atoms with E-state index in [0.717, 1.165) is 10.0 Å². The first-order valence-electron chi connectivity index (χ1n) is 5.75. The Kier molecular flexibility index (Phi) is 4.87. The van der Waals surface area contributed by atoms with Crippen LogP contribution in [0.25, 0.3) is 0 Å². The molecule has 0 aliphatic rings. The van der Waals surface area contributed by atoms with Crippen LogP contribution < -0.4 is 10.5 Å². The number of nitrogens with zero attached hydrogens (tertiary/aromatic N) is 1. The lowest BCUT2D eigenvalue weighted by Crippen LogP contribution is -2.15. The summed E-state index contributed by atoms with van der Waals surface area (Å²) in [7, 11) is 0. The number of hydrogen-bond acceptors (Lipinski definition) is 3. The third kappa shape index (κ3) is 3.65. The van der Waals surface area contributed by atoms with Gasteiger partial charge in [-0.05, 0) is 35.9 Å². The summed E-state index contributed by atoms with van der Waals surface area (Å²) in [5, 5.41) is 12.5. The number of nitrogens with two attached hydrogens (primary N) is 1. The summed E-state index contributed by atoms with van der Waals surface area (Å²) in [5.41, 5.74) is 7.09. The van der Waals surface area contributed by atoms with Crippen LogP contribution in [0.15, 0.2) is 52.1 Å². The average molecular weight is 356 g/mol. The smallest absolute Gasteiger partial charge is 0.173 e. The lowest BCUT2D eigenvalue weighted by atomic mass is 10.2. The fraction of sp³-hybridized carbons (Fsp3) is 0.0714. The van der Waals surface area contributed by atoms with Crippen LogP contribution in [0.5, 0.6) is 5.75 Å². The molecule has 0 heterocycles. The number of benzene rings is 2. The molecular formula is C14H12BrClN2O2. The molecule has 0 aliphatic heterocycles. The molecule has 3 N–H and O–H groups in total. The molecule has 0 saturated carbocycles. The molecule has 4 nitrogen and oxygen atoms in total. The van der Waals surface area contributed by atoms with Crippen molar-refractivity contribution in [3.05, 3.63) is 63.1 Å². The Morgan fingerprint density at radius 1 is 1.30 bits per heavy atom. The highest BCUT2D eigenvalue weighted by atomic mass is 79.9. The van der Waals surface area contributed by atoms with Crippen molar-refractivity contribution in [3.63, 3.8) is 0 Å². The average Bonchev–Trinajstić information content (AvgIpc) is 2.45. The first-order chi connectivity index (χ1) is 9.60. The minimum Gasteiger partial charge on any atom is -0.488 e. The predicted molar refractivity (Wildman–Crippen MR) is 82.4 cm³/mol. The summed E-state index contributed by atoms with van der Waals surface area (Å²) in [5.74, 6) is 0.524. The van der Waals surface area contributed by atoms with Crippen LogP contribution in [0, 0.1) is 0 Å². The summed E-state index contributed by atoms with van der Waals surface area (Å²) in [6.07, 6.45) is 0. The van der Waals surface area contributed by atoms with Crippen molar-refractivity contribution in [3.8, 4) is 5.75 Å². The molecule has 0 bridgehead atoms. The number of hydrogen-bond donors (Lipinski definition) is 2. The molecule has 0 unspecified atom stereocenters. The van der Waals surface area contributed by atoms with Gasteiger partial charge in [0.25, 0.3) is 0 Å². The van der Waals surface area contributed by atoms with Crippen LogP contribution in [0.4, 0.5) is 0 Å². The molecule has 0 aliphatic carbocycles. The Morgan fingerprint density at radius 3 is 2.80 bits per heavy atom. The SMILES string of the molecule is N/C(=N/O)c1cc(Br)ccc1OCc1cccc(Cl)c1. The highest BCUT2D eigenvalue weighted by Gasteiger charge is 2.09. The number of amidine groups is 1. The second-order valence-corrected chi connectivity index (χ2v) is 5.40. The van der Waals surface area contributed by atoms with Gasteiger partial charge in [0, 0.05) is 9.50 Å². The standard InChI is InChI=1S/C14H12BrClN2O2/c15-10-4-5-13(12(7-10)14(17)18-19)20-8-9-2-1-3-11(16)6-9/h1-7,19H,8H2,(H2,17,18). The Labute approximate surface area is 129 Å². The maximum atomic E-state index is 8.80. The predicted octanol–water partition coefficient (Wildman–Crippen LogP) is 3.78. The van der Waals surface area contributed by atoms with Crippen LogP contribution in [0.3, 0.4) is 0 Å². The van der Waals surface area contributed by atoms with Crippen LogP contribution >= 0.6 is 27.5 Å². The van der Waals surface area contributed by atoms with Gasteiger partial charge in [-0.2, -0.15) is 0 Å². The summed E-state index contributed by atoms with van der Waals surface area (Å²) in [6.45, 7) is 0.341. The zero-order valence-electron chi connectivity index (χ0n) is 10.4. The van der Waals surface area contributed by atoms with Crippen LogP contribution in [0.1, 0.15) is 11.1 Å². The van der Waals surface area contributed by atoms with Crippen molar-refractivity contribution in [2.24, 2.45) is 10.9 Å². The minimum atomic E-state index is -0.00704. The fourth-order valence-corrected chi connectivity index (χ4v) is 2.24. The van der Waals surface area contributed by atoms with E-state index in [-0.39, 0.29) is 5.84 Å². The minimum absolute atomic E-state index is 0.00704. The van der Waals surface area contributed by atoms with Crippen molar-refractivity contribution in [2.45, 2.75) is 6.61 Å². The molecule has 0 fully saturated rings. The van der Waals surface area contributed by atoms with Gasteiger partial charge in [0.05, 0.1) is 5.56 Å². The maximum Gasteiger partial charge on any atom is 0.173 e. The normalized spacial score (nSPS) is 11.4. The van der Waals surface area contributed by atoms with E-state index in [9.17, 15) is 0 Å². The molecule has 0 saturated heterocycles. The third-order valence-electron chi connectivity index (χ3n) is 2.61. The molecule has 2 aromatic carbocycles. The highest BCUT2D eigenvalue weighted by molar-refractivity contribution is 9.10. The van der Waals surface area contributed by atoms with E-state index in [1.165, 1.54) is 0 Å². The Bertz CT molecular complexity index is 647. The van der Waals surface area contributed by atoms with E-state index >= 15 is 0 Å². The van der Waals surface area contributed by atoms with E-state index in [0.29, 0.717) is 22.9 Å².